The van der Waals surface area contributed by atoms with Crippen LogP contribution in [0.2, 0.25) is 0 Å². The maximum atomic E-state index is 12.3. The van der Waals surface area contributed by atoms with Crippen LogP contribution in [0.25, 0.3) is 0 Å². The van der Waals surface area contributed by atoms with Gasteiger partial charge in [0.1, 0.15) is 5.76 Å². The van der Waals surface area contributed by atoms with E-state index >= 15 is 0 Å². The SMILES string of the molecule is Cc1cc(=O)oc(C)c1C(F)(F)F. The average molecular weight is 192 g/mol. The average Bonchev–Trinajstić information content (AvgIpc) is 1.78. The van der Waals surface area contributed by atoms with Crippen LogP contribution in [0.3, 0.4) is 0 Å². The number of aryl methyl sites for hydroxylation is 2. The molecule has 0 aliphatic carbocycles. The summed E-state index contributed by atoms with van der Waals surface area (Å²) in [5.41, 5.74) is -1.74. The Bertz CT molecular complexity index is 350. The van der Waals surface area contributed by atoms with Gasteiger partial charge in [0.05, 0.1) is 5.56 Å². The monoisotopic (exact) mass is 192 g/mol. The highest BCUT2D eigenvalue weighted by Gasteiger charge is 2.35. The van der Waals surface area contributed by atoms with Gasteiger partial charge in [0.2, 0.25) is 0 Å². The molecule has 0 aliphatic heterocycles. The maximum absolute atomic E-state index is 12.3. The topological polar surface area (TPSA) is 30.2 Å². The largest absolute Gasteiger partial charge is 0.428 e. The second-order valence-electron chi connectivity index (χ2n) is 2.68. The second kappa shape index (κ2) is 2.90. The van der Waals surface area contributed by atoms with Crippen molar-refractivity contribution in [2.45, 2.75) is 20.0 Å². The lowest BCUT2D eigenvalue weighted by Gasteiger charge is -2.10. The number of hydrogen-bond acceptors (Lipinski definition) is 2. The van der Waals surface area contributed by atoms with Crippen molar-refractivity contribution in [3.63, 3.8) is 0 Å². The lowest BCUT2D eigenvalue weighted by Crippen LogP contribution is -2.13. The minimum atomic E-state index is -4.47. The van der Waals surface area contributed by atoms with Crippen LogP contribution in [-0.2, 0) is 6.18 Å². The van der Waals surface area contributed by atoms with Gasteiger partial charge in [0.15, 0.2) is 0 Å². The first-order valence-electron chi connectivity index (χ1n) is 3.51. The molecule has 1 heterocycles. The number of alkyl halides is 3. The smallest absolute Gasteiger partial charge is 0.419 e. The maximum Gasteiger partial charge on any atom is 0.419 e. The van der Waals surface area contributed by atoms with Crippen molar-refractivity contribution in [2.24, 2.45) is 0 Å². The van der Waals surface area contributed by atoms with E-state index in [0.717, 1.165) is 13.0 Å². The van der Waals surface area contributed by atoms with Gasteiger partial charge in [-0.1, -0.05) is 0 Å². The fourth-order valence-electron chi connectivity index (χ4n) is 1.18. The number of hydrogen-bond donors (Lipinski definition) is 0. The van der Waals surface area contributed by atoms with Crippen molar-refractivity contribution < 1.29 is 17.6 Å². The highest BCUT2D eigenvalue weighted by molar-refractivity contribution is 5.28. The molecule has 0 amide bonds. The first-order chi connectivity index (χ1) is 5.82. The zero-order chi connectivity index (χ0) is 10.2. The summed E-state index contributed by atoms with van der Waals surface area (Å²) < 4.78 is 41.2. The summed E-state index contributed by atoms with van der Waals surface area (Å²) in [6.45, 7) is 2.35. The summed E-state index contributed by atoms with van der Waals surface area (Å²) in [6, 6.07) is 0.829. The van der Waals surface area contributed by atoms with E-state index in [1.54, 1.807) is 0 Å². The van der Waals surface area contributed by atoms with Crippen molar-refractivity contribution >= 4 is 0 Å². The van der Waals surface area contributed by atoms with Crippen LogP contribution < -0.4 is 5.63 Å². The Balaban J connectivity index is 3.47. The third kappa shape index (κ3) is 1.91. The summed E-state index contributed by atoms with van der Waals surface area (Å²) in [6.07, 6.45) is -4.47. The van der Waals surface area contributed by atoms with Crippen LogP contribution in [0.15, 0.2) is 15.3 Å². The van der Waals surface area contributed by atoms with Crippen molar-refractivity contribution in [2.75, 3.05) is 0 Å². The lowest BCUT2D eigenvalue weighted by atomic mass is 10.1. The summed E-state index contributed by atoms with van der Waals surface area (Å²) in [7, 11) is 0. The summed E-state index contributed by atoms with van der Waals surface area (Å²) >= 11 is 0. The van der Waals surface area contributed by atoms with E-state index in [2.05, 4.69) is 4.42 Å². The molecule has 0 aliphatic rings. The Morgan fingerprint density at radius 1 is 1.31 bits per heavy atom. The minimum Gasteiger partial charge on any atom is -0.428 e. The van der Waals surface area contributed by atoms with Gasteiger partial charge in [-0.25, -0.2) is 4.79 Å². The molecule has 2 nitrogen and oxygen atoms in total. The normalized spacial score (nSPS) is 11.8. The Kier molecular flexibility index (Phi) is 2.19. The molecule has 0 atom stereocenters. The van der Waals surface area contributed by atoms with Gasteiger partial charge in [-0.2, -0.15) is 13.2 Å². The molecule has 0 spiro atoms. The van der Waals surface area contributed by atoms with Crippen LogP contribution in [-0.4, -0.2) is 0 Å². The predicted octanol–water partition coefficient (Wildman–Crippen LogP) is 2.28. The predicted molar refractivity (Wildman–Crippen MR) is 39.5 cm³/mol. The van der Waals surface area contributed by atoms with E-state index in [-0.39, 0.29) is 5.56 Å². The van der Waals surface area contributed by atoms with Crippen LogP contribution >= 0.6 is 0 Å². The summed E-state index contributed by atoms with van der Waals surface area (Å²) in [5, 5.41) is 0. The highest BCUT2D eigenvalue weighted by atomic mass is 19.4. The molecule has 1 aromatic heterocycles. The van der Waals surface area contributed by atoms with Gasteiger partial charge < -0.3 is 4.42 Å². The van der Waals surface area contributed by atoms with Crippen LogP contribution in [0.4, 0.5) is 13.2 Å². The second-order valence-corrected chi connectivity index (χ2v) is 2.68. The summed E-state index contributed by atoms with van der Waals surface area (Å²) in [4.78, 5) is 10.7. The zero-order valence-electron chi connectivity index (χ0n) is 7.03. The van der Waals surface area contributed by atoms with Gasteiger partial charge in [0.25, 0.3) is 0 Å². The molecule has 1 aromatic rings. The first-order valence-corrected chi connectivity index (χ1v) is 3.51. The third-order valence-electron chi connectivity index (χ3n) is 1.62. The summed E-state index contributed by atoms with van der Waals surface area (Å²) in [5.74, 6) is -0.391. The first kappa shape index (κ1) is 9.83. The Morgan fingerprint density at radius 2 is 1.85 bits per heavy atom. The highest BCUT2D eigenvalue weighted by Crippen LogP contribution is 2.33. The Hall–Kier alpha value is -1.26. The molecule has 72 valence electrons. The van der Waals surface area contributed by atoms with Crippen LogP contribution in [0.5, 0.6) is 0 Å². The molecule has 0 saturated heterocycles. The van der Waals surface area contributed by atoms with Crippen molar-refractivity contribution in [3.8, 4) is 0 Å². The molecule has 0 N–H and O–H groups in total. The molecule has 0 bridgehead atoms. The molecular weight excluding hydrogens is 185 g/mol. The van der Waals surface area contributed by atoms with Crippen molar-refractivity contribution in [1.29, 1.82) is 0 Å². The molecule has 0 unspecified atom stereocenters. The van der Waals surface area contributed by atoms with E-state index in [9.17, 15) is 18.0 Å². The van der Waals surface area contributed by atoms with Gasteiger partial charge in [0, 0.05) is 6.07 Å². The van der Waals surface area contributed by atoms with Crippen LogP contribution in [0.1, 0.15) is 16.9 Å². The molecule has 5 heteroatoms. The fraction of sp³-hybridized carbons (Fsp3) is 0.375. The molecule has 0 aromatic carbocycles. The third-order valence-corrected chi connectivity index (χ3v) is 1.62. The molecule has 1 rings (SSSR count). The van der Waals surface area contributed by atoms with Gasteiger partial charge in [-0.3, -0.25) is 0 Å². The van der Waals surface area contributed by atoms with Crippen molar-refractivity contribution in [1.82, 2.24) is 0 Å². The van der Waals surface area contributed by atoms with Gasteiger partial charge >= 0.3 is 11.8 Å². The fourth-order valence-corrected chi connectivity index (χ4v) is 1.18. The van der Waals surface area contributed by atoms with E-state index in [1.165, 1.54) is 6.92 Å². The molecule has 13 heavy (non-hydrogen) atoms. The van der Waals surface area contributed by atoms with E-state index in [1.807, 2.05) is 0 Å². The van der Waals surface area contributed by atoms with Gasteiger partial charge in [-0.05, 0) is 19.4 Å². The number of halogens is 3. The number of rotatable bonds is 0. The zero-order valence-corrected chi connectivity index (χ0v) is 7.03. The standard InChI is InChI=1S/C8H7F3O2/c1-4-3-6(12)13-5(2)7(4)8(9,10)11/h3H,1-2H3. The molecule has 0 saturated carbocycles. The van der Waals surface area contributed by atoms with Crippen LogP contribution in [0, 0.1) is 13.8 Å². The molecule has 0 radical (unpaired) electrons. The van der Waals surface area contributed by atoms with Crippen molar-refractivity contribution in [3.05, 3.63) is 33.4 Å². The van der Waals surface area contributed by atoms with E-state index < -0.39 is 23.1 Å². The van der Waals surface area contributed by atoms with Gasteiger partial charge in [-0.15, -0.1) is 0 Å². The minimum absolute atomic E-state index is 0.110. The Labute approximate surface area is 72.0 Å². The van der Waals surface area contributed by atoms with E-state index in [4.69, 9.17) is 0 Å². The molecular formula is C8H7F3O2. The lowest BCUT2D eigenvalue weighted by molar-refractivity contribution is -0.139. The van der Waals surface area contributed by atoms with E-state index in [0.29, 0.717) is 0 Å². The Morgan fingerprint density at radius 3 is 2.23 bits per heavy atom. The quantitative estimate of drug-likeness (QED) is 0.631. The molecule has 0 fully saturated rings.